The van der Waals surface area contributed by atoms with E-state index in [-0.39, 0.29) is 23.2 Å². The molecule has 1 aliphatic rings. The second-order valence-electron chi connectivity index (χ2n) is 6.02. The summed E-state index contributed by atoms with van der Waals surface area (Å²) in [5.41, 5.74) is 0.630. The van der Waals surface area contributed by atoms with Crippen molar-refractivity contribution in [3.63, 3.8) is 0 Å². The predicted octanol–water partition coefficient (Wildman–Crippen LogP) is 3.28. The molecule has 2 aromatic rings. The number of carbonyl (C=O) groups excluding carboxylic acids is 1. The Balaban J connectivity index is 1.78. The van der Waals surface area contributed by atoms with Crippen LogP contribution in [0.15, 0.2) is 53.4 Å². The monoisotopic (exact) mass is 397 g/mol. The van der Waals surface area contributed by atoms with Crippen molar-refractivity contribution >= 4 is 33.2 Å². The Bertz CT molecular complexity index is 904. The summed E-state index contributed by atoms with van der Waals surface area (Å²) in [6.45, 7) is 0. The third-order valence-electron chi connectivity index (χ3n) is 4.13. The van der Waals surface area contributed by atoms with Crippen molar-refractivity contribution in [3.8, 4) is 0 Å². The summed E-state index contributed by atoms with van der Waals surface area (Å²) in [7, 11) is -3.15. The first-order chi connectivity index (χ1) is 12.4. The van der Waals surface area contributed by atoms with Gasteiger partial charge >= 0.3 is 0 Å². The molecule has 0 bridgehead atoms. The number of amides is 1. The summed E-state index contributed by atoms with van der Waals surface area (Å²) in [5.74, 6) is -2.19. The molecule has 26 heavy (non-hydrogen) atoms. The normalized spacial score (nSPS) is 18.6. The predicted molar refractivity (Wildman–Crippen MR) is 98.1 cm³/mol. The van der Waals surface area contributed by atoms with Crippen molar-refractivity contribution in [2.24, 2.45) is 0 Å². The summed E-state index contributed by atoms with van der Waals surface area (Å²) < 4.78 is 50.0. The topological polar surface area (TPSA) is 54.5 Å². The fraction of sp³-hybridized carbons (Fsp3) is 0.278. The number of carbonyl (C=O) groups is 1. The minimum atomic E-state index is -3.15. The Labute approximate surface area is 155 Å². The summed E-state index contributed by atoms with van der Waals surface area (Å²) in [6, 6.07) is 11.9. The van der Waals surface area contributed by atoms with Gasteiger partial charge in [-0.3, -0.25) is 4.79 Å². The zero-order valence-corrected chi connectivity index (χ0v) is 15.4. The van der Waals surface area contributed by atoms with Gasteiger partial charge < -0.3 is 4.90 Å². The third kappa shape index (κ3) is 4.42. The molecule has 138 valence electrons. The number of anilines is 1. The van der Waals surface area contributed by atoms with Gasteiger partial charge in [0.25, 0.3) is 0 Å². The van der Waals surface area contributed by atoms with Crippen LogP contribution in [-0.4, -0.2) is 37.6 Å². The van der Waals surface area contributed by atoms with Gasteiger partial charge in [-0.05, 0) is 36.8 Å². The molecule has 0 N–H and O–H groups in total. The van der Waals surface area contributed by atoms with Crippen LogP contribution in [0.5, 0.6) is 0 Å². The van der Waals surface area contributed by atoms with E-state index in [1.165, 1.54) is 11.0 Å². The van der Waals surface area contributed by atoms with E-state index in [1.807, 2.05) is 6.07 Å². The number of hydrogen-bond acceptors (Lipinski definition) is 4. The van der Waals surface area contributed by atoms with Gasteiger partial charge in [-0.1, -0.05) is 18.2 Å². The largest absolute Gasteiger partial charge is 0.308 e. The zero-order valence-electron chi connectivity index (χ0n) is 13.8. The van der Waals surface area contributed by atoms with E-state index >= 15 is 0 Å². The number of para-hydroxylation sites is 1. The van der Waals surface area contributed by atoms with Gasteiger partial charge in [0.1, 0.15) is 0 Å². The maximum atomic E-state index is 13.3. The molecule has 4 nitrogen and oxygen atoms in total. The Hall–Kier alpha value is -1.93. The molecule has 1 fully saturated rings. The molecule has 1 aliphatic heterocycles. The van der Waals surface area contributed by atoms with Crippen LogP contribution in [-0.2, 0) is 14.6 Å². The first kappa shape index (κ1) is 18.8. The molecule has 0 saturated carbocycles. The molecular weight excluding hydrogens is 380 g/mol. The standard InChI is InChI=1S/C18H17F2NO3S2/c19-16-7-6-15(10-17(16)20)25-11-18(22)21(13-4-2-1-3-5-13)14-8-9-26(23,24)12-14/h1-7,10,14H,8-9,11-12H2/t14-/m0/s1. The van der Waals surface area contributed by atoms with Crippen LogP contribution in [0.25, 0.3) is 0 Å². The molecule has 1 saturated heterocycles. The number of halogens is 2. The van der Waals surface area contributed by atoms with Crippen LogP contribution < -0.4 is 4.90 Å². The minimum absolute atomic E-state index is 0.00346. The molecule has 1 atom stereocenters. The van der Waals surface area contributed by atoms with Crippen LogP contribution in [0, 0.1) is 11.6 Å². The summed E-state index contributed by atoms with van der Waals surface area (Å²) in [4.78, 5) is 14.8. The van der Waals surface area contributed by atoms with Crippen LogP contribution >= 0.6 is 11.8 Å². The average molecular weight is 397 g/mol. The van der Waals surface area contributed by atoms with E-state index in [2.05, 4.69) is 0 Å². The highest BCUT2D eigenvalue weighted by Crippen LogP contribution is 2.27. The highest BCUT2D eigenvalue weighted by molar-refractivity contribution is 8.00. The molecule has 1 amide bonds. The molecule has 0 spiro atoms. The highest BCUT2D eigenvalue weighted by atomic mass is 32.2. The van der Waals surface area contributed by atoms with E-state index in [4.69, 9.17) is 0 Å². The van der Waals surface area contributed by atoms with Crippen LogP contribution in [0.4, 0.5) is 14.5 Å². The van der Waals surface area contributed by atoms with Crippen molar-refractivity contribution in [3.05, 3.63) is 60.2 Å². The second-order valence-corrected chi connectivity index (χ2v) is 9.30. The quantitative estimate of drug-likeness (QED) is 0.727. The maximum absolute atomic E-state index is 13.3. The molecule has 0 radical (unpaired) electrons. The molecule has 2 aromatic carbocycles. The van der Waals surface area contributed by atoms with Crippen molar-refractivity contribution in [2.75, 3.05) is 22.2 Å². The SMILES string of the molecule is O=C(CSc1ccc(F)c(F)c1)N(c1ccccc1)[C@H]1CCS(=O)(=O)C1. The second kappa shape index (κ2) is 7.75. The highest BCUT2D eigenvalue weighted by Gasteiger charge is 2.35. The summed E-state index contributed by atoms with van der Waals surface area (Å²) in [5, 5.41) is 0. The Kier molecular flexibility index (Phi) is 5.62. The Morgan fingerprint density at radius 2 is 1.85 bits per heavy atom. The van der Waals surface area contributed by atoms with Gasteiger partial charge in [0, 0.05) is 10.6 Å². The van der Waals surface area contributed by atoms with Crippen molar-refractivity contribution in [1.82, 2.24) is 0 Å². The van der Waals surface area contributed by atoms with Gasteiger partial charge in [0.15, 0.2) is 21.5 Å². The fourth-order valence-corrected chi connectivity index (χ4v) is 5.39. The minimum Gasteiger partial charge on any atom is -0.308 e. The summed E-state index contributed by atoms with van der Waals surface area (Å²) >= 11 is 1.09. The molecule has 0 aromatic heterocycles. The first-order valence-corrected chi connectivity index (χ1v) is 10.8. The van der Waals surface area contributed by atoms with Gasteiger partial charge in [-0.25, -0.2) is 17.2 Å². The van der Waals surface area contributed by atoms with Crippen molar-refractivity contribution < 1.29 is 22.0 Å². The van der Waals surface area contributed by atoms with Gasteiger partial charge in [0.2, 0.25) is 5.91 Å². The van der Waals surface area contributed by atoms with Crippen LogP contribution in [0.1, 0.15) is 6.42 Å². The van der Waals surface area contributed by atoms with Crippen molar-refractivity contribution in [2.45, 2.75) is 17.4 Å². The van der Waals surface area contributed by atoms with Gasteiger partial charge in [-0.2, -0.15) is 0 Å². The number of thioether (sulfide) groups is 1. The van der Waals surface area contributed by atoms with E-state index in [1.54, 1.807) is 24.3 Å². The molecule has 8 heteroatoms. The van der Waals surface area contributed by atoms with Crippen molar-refractivity contribution in [1.29, 1.82) is 0 Å². The molecule has 0 aliphatic carbocycles. The average Bonchev–Trinajstić information content (AvgIpc) is 2.96. The van der Waals surface area contributed by atoms with E-state index in [0.717, 1.165) is 23.9 Å². The smallest absolute Gasteiger partial charge is 0.237 e. The molecule has 3 rings (SSSR count). The van der Waals surface area contributed by atoms with Crippen LogP contribution in [0.2, 0.25) is 0 Å². The Morgan fingerprint density at radius 3 is 2.46 bits per heavy atom. The zero-order chi connectivity index (χ0) is 18.7. The maximum Gasteiger partial charge on any atom is 0.237 e. The van der Waals surface area contributed by atoms with E-state index in [0.29, 0.717) is 17.0 Å². The van der Waals surface area contributed by atoms with E-state index < -0.39 is 27.5 Å². The molecule has 1 heterocycles. The fourth-order valence-electron chi connectivity index (χ4n) is 2.91. The molecule has 0 unspecified atom stereocenters. The van der Waals surface area contributed by atoms with E-state index in [9.17, 15) is 22.0 Å². The lowest BCUT2D eigenvalue weighted by Crippen LogP contribution is -2.42. The number of hydrogen-bond donors (Lipinski definition) is 0. The van der Waals surface area contributed by atoms with Gasteiger partial charge in [0.05, 0.1) is 23.3 Å². The number of benzene rings is 2. The lowest BCUT2D eigenvalue weighted by atomic mass is 10.2. The lowest BCUT2D eigenvalue weighted by Gasteiger charge is -2.28. The van der Waals surface area contributed by atoms with Crippen LogP contribution in [0.3, 0.4) is 0 Å². The first-order valence-electron chi connectivity index (χ1n) is 8.01. The summed E-state index contributed by atoms with van der Waals surface area (Å²) in [6.07, 6.45) is 0.388. The third-order valence-corrected chi connectivity index (χ3v) is 6.86. The number of sulfone groups is 1. The number of rotatable bonds is 5. The Morgan fingerprint density at radius 1 is 1.12 bits per heavy atom. The number of nitrogens with zero attached hydrogens (tertiary/aromatic N) is 1. The van der Waals surface area contributed by atoms with Gasteiger partial charge in [-0.15, -0.1) is 11.8 Å². The molecular formula is C18H17F2NO3S2. The lowest BCUT2D eigenvalue weighted by molar-refractivity contribution is -0.116.